The van der Waals surface area contributed by atoms with Crippen molar-refractivity contribution in [3.05, 3.63) is 0 Å². The Balaban J connectivity index is 4.06. The number of carboxylic acids is 1. The zero-order chi connectivity index (χ0) is 9.78. The first-order valence-electron chi connectivity index (χ1n) is 3.60. The largest absolute Gasteiger partial charge is 0.480 e. The maximum atomic E-state index is 11.0. The van der Waals surface area contributed by atoms with E-state index in [0.717, 1.165) is 11.8 Å². The molecule has 4 nitrogen and oxygen atoms in total. The van der Waals surface area contributed by atoms with Crippen molar-refractivity contribution in [2.75, 3.05) is 6.54 Å². The fourth-order valence-corrected chi connectivity index (χ4v) is 1.22. The molecule has 0 bridgehead atoms. The molecule has 70 valence electrons. The molecule has 0 aliphatic rings. The Hall–Kier alpha value is -0.710. The van der Waals surface area contributed by atoms with Gasteiger partial charge in [-0.2, -0.15) is 0 Å². The average Bonchev–Trinajstić information content (AvgIpc) is 1.85. The monoisotopic (exact) mass is 191 g/mol. The van der Waals surface area contributed by atoms with E-state index in [4.69, 9.17) is 5.11 Å². The first-order chi connectivity index (χ1) is 5.40. The zero-order valence-electron chi connectivity index (χ0n) is 7.38. The van der Waals surface area contributed by atoms with Gasteiger partial charge in [-0.15, -0.1) is 0 Å². The SMILES string of the molecule is CCNC(=O)SC(C)(C)C(=O)O. The van der Waals surface area contributed by atoms with Crippen LogP contribution in [0.1, 0.15) is 20.8 Å². The van der Waals surface area contributed by atoms with Gasteiger partial charge in [0.15, 0.2) is 0 Å². The maximum absolute atomic E-state index is 11.0. The minimum atomic E-state index is -1.06. The molecule has 0 saturated heterocycles. The molecule has 0 heterocycles. The van der Waals surface area contributed by atoms with Crippen LogP contribution in [0.25, 0.3) is 0 Å². The molecule has 1 amide bonds. The molecule has 0 aliphatic heterocycles. The van der Waals surface area contributed by atoms with Crippen molar-refractivity contribution in [2.24, 2.45) is 0 Å². The van der Waals surface area contributed by atoms with Crippen LogP contribution in [-0.4, -0.2) is 27.6 Å². The van der Waals surface area contributed by atoms with Crippen molar-refractivity contribution in [3.63, 3.8) is 0 Å². The van der Waals surface area contributed by atoms with E-state index < -0.39 is 10.7 Å². The predicted molar refractivity (Wildman–Crippen MR) is 48.4 cm³/mol. The minimum Gasteiger partial charge on any atom is -0.480 e. The summed E-state index contributed by atoms with van der Waals surface area (Å²) in [5.41, 5.74) is 0. The molecule has 0 atom stereocenters. The molecule has 0 aromatic carbocycles. The topological polar surface area (TPSA) is 66.4 Å². The molecule has 12 heavy (non-hydrogen) atoms. The Bertz CT molecular complexity index is 191. The van der Waals surface area contributed by atoms with Gasteiger partial charge < -0.3 is 10.4 Å². The number of amides is 1. The molecule has 0 fully saturated rings. The van der Waals surface area contributed by atoms with Gasteiger partial charge in [-0.1, -0.05) is 0 Å². The van der Waals surface area contributed by atoms with Crippen molar-refractivity contribution < 1.29 is 14.7 Å². The third-order valence-electron chi connectivity index (χ3n) is 1.18. The van der Waals surface area contributed by atoms with Gasteiger partial charge in [0.1, 0.15) is 4.75 Å². The maximum Gasteiger partial charge on any atom is 0.319 e. The Kier molecular flexibility index (Phi) is 4.09. The van der Waals surface area contributed by atoms with E-state index in [1.165, 1.54) is 13.8 Å². The zero-order valence-corrected chi connectivity index (χ0v) is 8.20. The molecular weight excluding hydrogens is 178 g/mol. The van der Waals surface area contributed by atoms with Crippen LogP contribution in [0.15, 0.2) is 0 Å². The van der Waals surface area contributed by atoms with Crippen LogP contribution in [0, 0.1) is 0 Å². The highest BCUT2D eigenvalue weighted by atomic mass is 32.2. The highest BCUT2D eigenvalue weighted by Gasteiger charge is 2.30. The van der Waals surface area contributed by atoms with Crippen LogP contribution in [0.4, 0.5) is 4.79 Å². The van der Waals surface area contributed by atoms with E-state index in [1.54, 1.807) is 6.92 Å². The first-order valence-corrected chi connectivity index (χ1v) is 4.42. The lowest BCUT2D eigenvalue weighted by atomic mass is 10.2. The lowest BCUT2D eigenvalue weighted by molar-refractivity contribution is -0.138. The quantitative estimate of drug-likeness (QED) is 0.706. The number of rotatable bonds is 3. The third kappa shape index (κ3) is 3.61. The Labute approximate surface area is 75.7 Å². The van der Waals surface area contributed by atoms with E-state index in [-0.39, 0.29) is 5.24 Å². The van der Waals surface area contributed by atoms with Crippen LogP contribution in [0.5, 0.6) is 0 Å². The predicted octanol–water partition coefficient (Wildman–Crippen LogP) is 1.31. The molecule has 0 aromatic heterocycles. The first kappa shape index (κ1) is 11.3. The number of carboxylic acid groups (broad SMARTS) is 1. The van der Waals surface area contributed by atoms with E-state index in [9.17, 15) is 9.59 Å². The Morgan fingerprint density at radius 3 is 2.33 bits per heavy atom. The van der Waals surface area contributed by atoms with E-state index in [2.05, 4.69) is 5.32 Å². The summed E-state index contributed by atoms with van der Waals surface area (Å²) >= 11 is 0.785. The summed E-state index contributed by atoms with van der Waals surface area (Å²) in [5, 5.41) is 10.9. The fourth-order valence-electron chi connectivity index (χ4n) is 0.456. The molecule has 0 aromatic rings. The summed E-state index contributed by atoms with van der Waals surface area (Å²) in [5.74, 6) is -0.987. The van der Waals surface area contributed by atoms with Gasteiger partial charge in [0.25, 0.3) is 5.24 Å². The summed E-state index contributed by atoms with van der Waals surface area (Å²) in [6.07, 6.45) is 0. The van der Waals surface area contributed by atoms with Crippen molar-refractivity contribution in [1.82, 2.24) is 5.32 Å². The second kappa shape index (κ2) is 4.35. The fraction of sp³-hybridized carbons (Fsp3) is 0.714. The van der Waals surface area contributed by atoms with Crippen LogP contribution in [0.2, 0.25) is 0 Å². The van der Waals surface area contributed by atoms with Gasteiger partial charge >= 0.3 is 5.97 Å². The van der Waals surface area contributed by atoms with Gasteiger partial charge in [-0.05, 0) is 32.5 Å². The highest BCUT2D eigenvalue weighted by Crippen LogP contribution is 2.24. The van der Waals surface area contributed by atoms with Crippen LogP contribution < -0.4 is 5.32 Å². The summed E-state index contributed by atoms with van der Waals surface area (Å²) in [6.45, 7) is 5.29. The number of carbonyl (C=O) groups excluding carboxylic acids is 1. The number of carbonyl (C=O) groups is 2. The Morgan fingerprint density at radius 2 is 2.00 bits per heavy atom. The van der Waals surface area contributed by atoms with Gasteiger partial charge in [0.05, 0.1) is 0 Å². The van der Waals surface area contributed by atoms with Gasteiger partial charge in [-0.25, -0.2) is 0 Å². The van der Waals surface area contributed by atoms with Crippen LogP contribution >= 0.6 is 11.8 Å². The summed E-state index contributed by atoms with van der Waals surface area (Å²) in [6, 6.07) is 0. The van der Waals surface area contributed by atoms with Crippen LogP contribution in [0.3, 0.4) is 0 Å². The smallest absolute Gasteiger partial charge is 0.319 e. The van der Waals surface area contributed by atoms with Crippen molar-refractivity contribution in [1.29, 1.82) is 0 Å². The van der Waals surface area contributed by atoms with Crippen LogP contribution in [-0.2, 0) is 4.79 Å². The van der Waals surface area contributed by atoms with Gasteiger partial charge in [0.2, 0.25) is 0 Å². The van der Waals surface area contributed by atoms with Crippen molar-refractivity contribution in [3.8, 4) is 0 Å². The second-order valence-electron chi connectivity index (χ2n) is 2.74. The minimum absolute atomic E-state index is 0.301. The molecule has 0 rings (SSSR count). The van der Waals surface area contributed by atoms with E-state index in [1.807, 2.05) is 0 Å². The molecule has 0 radical (unpaired) electrons. The lowest BCUT2D eigenvalue weighted by Crippen LogP contribution is -2.32. The molecule has 0 aliphatic carbocycles. The Morgan fingerprint density at radius 1 is 1.50 bits per heavy atom. The number of hydrogen-bond acceptors (Lipinski definition) is 3. The van der Waals surface area contributed by atoms with Gasteiger partial charge in [-0.3, -0.25) is 9.59 Å². The molecule has 0 saturated carbocycles. The van der Waals surface area contributed by atoms with Crippen molar-refractivity contribution in [2.45, 2.75) is 25.5 Å². The number of aliphatic carboxylic acids is 1. The van der Waals surface area contributed by atoms with E-state index in [0.29, 0.717) is 6.54 Å². The lowest BCUT2D eigenvalue weighted by Gasteiger charge is -2.16. The average molecular weight is 191 g/mol. The number of hydrogen-bond donors (Lipinski definition) is 2. The molecule has 2 N–H and O–H groups in total. The highest BCUT2D eigenvalue weighted by molar-refractivity contribution is 8.15. The summed E-state index contributed by atoms with van der Waals surface area (Å²) in [7, 11) is 0. The standard InChI is InChI=1S/C7H13NO3S/c1-4-8-6(11)12-7(2,3)5(9)10/h4H2,1-3H3,(H,8,11)(H,9,10). The third-order valence-corrected chi connectivity index (χ3v) is 2.20. The van der Waals surface area contributed by atoms with Crippen molar-refractivity contribution >= 4 is 23.0 Å². The molecule has 0 spiro atoms. The normalized spacial score (nSPS) is 10.9. The molecule has 0 unspecified atom stereocenters. The van der Waals surface area contributed by atoms with E-state index >= 15 is 0 Å². The summed E-state index contributed by atoms with van der Waals surface area (Å²) in [4.78, 5) is 21.5. The second-order valence-corrected chi connectivity index (χ2v) is 4.33. The summed E-state index contributed by atoms with van der Waals surface area (Å²) < 4.78 is -1.06. The molecular formula is C7H13NO3S. The number of thioether (sulfide) groups is 1. The van der Waals surface area contributed by atoms with Gasteiger partial charge in [0, 0.05) is 6.54 Å². The number of nitrogens with one attached hydrogen (secondary N) is 1. The molecule has 5 heteroatoms.